The van der Waals surface area contributed by atoms with E-state index in [0.717, 1.165) is 5.76 Å². The number of nitrogens with one attached hydrogen (secondary N) is 1. The fraction of sp³-hybridized carbons (Fsp3) is 0.250. The molecule has 0 amide bonds. The van der Waals surface area contributed by atoms with E-state index in [-0.39, 0.29) is 17.7 Å². The van der Waals surface area contributed by atoms with E-state index in [1.165, 1.54) is 6.07 Å². The number of aromatic carboxylic acids is 1. The molecule has 1 heterocycles. The van der Waals surface area contributed by atoms with E-state index < -0.39 is 11.9 Å². The molecule has 0 atom stereocenters. The van der Waals surface area contributed by atoms with Crippen molar-refractivity contribution in [3.05, 3.63) is 53.0 Å². The summed E-state index contributed by atoms with van der Waals surface area (Å²) in [5.74, 6) is -0.398. The molecule has 0 spiro atoms. The lowest BCUT2D eigenvalue weighted by molar-refractivity contribution is 0.0515. The summed E-state index contributed by atoms with van der Waals surface area (Å²) >= 11 is 0. The van der Waals surface area contributed by atoms with Crippen LogP contribution in [0.15, 0.2) is 34.7 Å². The van der Waals surface area contributed by atoms with Gasteiger partial charge in [0, 0.05) is 5.69 Å². The third kappa shape index (κ3) is 3.46. The third-order valence-corrected chi connectivity index (χ3v) is 3.02. The molecule has 6 nitrogen and oxygen atoms in total. The molecule has 0 radical (unpaired) electrons. The maximum Gasteiger partial charge on any atom is 0.339 e. The first kappa shape index (κ1) is 15.6. The van der Waals surface area contributed by atoms with E-state index >= 15 is 0 Å². The highest BCUT2D eigenvalue weighted by Gasteiger charge is 2.21. The second kappa shape index (κ2) is 6.80. The predicted molar refractivity (Wildman–Crippen MR) is 80.1 cm³/mol. The monoisotopic (exact) mass is 303 g/mol. The van der Waals surface area contributed by atoms with Gasteiger partial charge in [-0.3, -0.25) is 0 Å². The van der Waals surface area contributed by atoms with Gasteiger partial charge in [0.25, 0.3) is 0 Å². The zero-order chi connectivity index (χ0) is 16.1. The number of carbonyl (C=O) groups is 2. The normalized spacial score (nSPS) is 10.3. The number of anilines is 1. The zero-order valence-electron chi connectivity index (χ0n) is 12.4. The van der Waals surface area contributed by atoms with Crippen LogP contribution in [0.3, 0.4) is 0 Å². The Morgan fingerprint density at radius 3 is 2.64 bits per heavy atom. The fourth-order valence-electron chi connectivity index (χ4n) is 2.07. The molecule has 0 saturated heterocycles. The van der Waals surface area contributed by atoms with Crippen molar-refractivity contribution in [2.75, 3.05) is 11.9 Å². The Labute approximate surface area is 127 Å². The highest BCUT2D eigenvalue weighted by Crippen LogP contribution is 2.22. The number of carbonyl (C=O) groups excluding carboxylic acids is 1. The molecule has 0 aliphatic carbocycles. The summed E-state index contributed by atoms with van der Waals surface area (Å²) in [6.07, 6.45) is 0. The number of benzene rings is 1. The highest BCUT2D eigenvalue weighted by atomic mass is 16.5. The van der Waals surface area contributed by atoms with Gasteiger partial charge in [-0.15, -0.1) is 0 Å². The Hall–Kier alpha value is -2.76. The molecule has 0 aliphatic heterocycles. The van der Waals surface area contributed by atoms with Crippen molar-refractivity contribution in [3.8, 4) is 0 Å². The van der Waals surface area contributed by atoms with Crippen molar-refractivity contribution < 1.29 is 23.8 Å². The molecule has 0 fully saturated rings. The summed E-state index contributed by atoms with van der Waals surface area (Å²) < 4.78 is 10.3. The van der Waals surface area contributed by atoms with Gasteiger partial charge in [0.1, 0.15) is 11.5 Å². The molecule has 0 unspecified atom stereocenters. The molecule has 0 saturated carbocycles. The van der Waals surface area contributed by atoms with Crippen LogP contribution in [0.4, 0.5) is 5.69 Å². The lowest BCUT2D eigenvalue weighted by Gasteiger charge is -2.12. The van der Waals surface area contributed by atoms with E-state index in [2.05, 4.69) is 5.32 Å². The van der Waals surface area contributed by atoms with Crippen molar-refractivity contribution in [2.24, 2.45) is 0 Å². The Bertz CT molecular complexity index is 690. The maximum absolute atomic E-state index is 11.9. The van der Waals surface area contributed by atoms with Gasteiger partial charge in [0.05, 0.1) is 24.3 Å². The van der Waals surface area contributed by atoms with Crippen molar-refractivity contribution in [2.45, 2.75) is 20.4 Å². The number of esters is 1. The van der Waals surface area contributed by atoms with Crippen LogP contribution in [-0.2, 0) is 11.3 Å². The van der Waals surface area contributed by atoms with Gasteiger partial charge < -0.3 is 19.6 Å². The Morgan fingerprint density at radius 2 is 2.05 bits per heavy atom. The minimum atomic E-state index is -1.19. The Kier molecular flexibility index (Phi) is 4.83. The molecule has 0 aliphatic rings. The number of rotatable bonds is 6. The van der Waals surface area contributed by atoms with Gasteiger partial charge in [0.2, 0.25) is 0 Å². The smallest absolute Gasteiger partial charge is 0.339 e. The quantitative estimate of drug-likeness (QED) is 0.797. The van der Waals surface area contributed by atoms with Crippen LogP contribution in [0.5, 0.6) is 0 Å². The van der Waals surface area contributed by atoms with Crippen LogP contribution in [-0.4, -0.2) is 23.7 Å². The molecular weight excluding hydrogens is 286 g/mol. The van der Waals surface area contributed by atoms with Crippen LogP contribution in [0.2, 0.25) is 0 Å². The summed E-state index contributed by atoms with van der Waals surface area (Å²) in [6.45, 7) is 3.99. The van der Waals surface area contributed by atoms with Crippen LogP contribution in [0.1, 0.15) is 39.2 Å². The van der Waals surface area contributed by atoms with E-state index in [9.17, 15) is 14.7 Å². The molecule has 1 aromatic heterocycles. The minimum Gasteiger partial charge on any atom is -0.478 e. The first-order valence-corrected chi connectivity index (χ1v) is 6.85. The molecule has 22 heavy (non-hydrogen) atoms. The zero-order valence-corrected chi connectivity index (χ0v) is 12.4. The minimum absolute atomic E-state index is 0.0231. The van der Waals surface area contributed by atoms with Crippen molar-refractivity contribution in [1.29, 1.82) is 0 Å². The average Bonchev–Trinajstić information content (AvgIpc) is 2.90. The number of ether oxygens (including phenoxy) is 1. The van der Waals surface area contributed by atoms with Crippen LogP contribution in [0, 0.1) is 6.92 Å². The fourth-order valence-corrected chi connectivity index (χ4v) is 2.07. The average molecular weight is 303 g/mol. The second-order valence-electron chi connectivity index (χ2n) is 4.62. The molecule has 2 N–H and O–H groups in total. The van der Waals surface area contributed by atoms with Crippen LogP contribution in [0.25, 0.3) is 0 Å². The summed E-state index contributed by atoms with van der Waals surface area (Å²) in [4.78, 5) is 23.4. The largest absolute Gasteiger partial charge is 0.478 e. The summed E-state index contributed by atoms with van der Waals surface area (Å²) in [5.41, 5.74) is 0.256. The first-order chi connectivity index (χ1) is 10.5. The van der Waals surface area contributed by atoms with Crippen molar-refractivity contribution in [1.82, 2.24) is 0 Å². The SMILES string of the molecule is CCOC(=O)c1cccc(NCc2ccc(C)o2)c1C(=O)O. The molecule has 2 rings (SSSR count). The number of furan rings is 1. The predicted octanol–water partition coefficient (Wildman–Crippen LogP) is 3.08. The molecule has 2 aromatic rings. The lowest BCUT2D eigenvalue weighted by Crippen LogP contribution is -2.14. The number of aryl methyl sites for hydroxylation is 1. The maximum atomic E-state index is 11.9. The van der Waals surface area contributed by atoms with Gasteiger partial charge in [0.15, 0.2) is 0 Å². The summed E-state index contributed by atoms with van der Waals surface area (Å²) in [7, 11) is 0. The van der Waals surface area contributed by atoms with E-state index in [0.29, 0.717) is 18.0 Å². The Morgan fingerprint density at radius 1 is 1.27 bits per heavy atom. The van der Waals surface area contributed by atoms with E-state index in [1.807, 2.05) is 13.0 Å². The number of hydrogen-bond donors (Lipinski definition) is 2. The highest BCUT2D eigenvalue weighted by molar-refractivity contribution is 6.06. The topological polar surface area (TPSA) is 88.8 Å². The third-order valence-electron chi connectivity index (χ3n) is 3.02. The molecule has 6 heteroatoms. The van der Waals surface area contributed by atoms with Gasteiger partial charge in [-0.1, -0.05) is 6.07 Å². The van der Waals surface area contributed by atoms with E-state index in [4.69, 9.17) is 9.15 Å². The second-order valence-corrected chi connectivity index (χ2v) is 4.62. The molecule has 1 aromatic carbocycles. The summed E-state index contributed by atoms with van der Waals surface area (Å²) in [6, 6.07) is 8.27. The van der Waals surface area contributed by atoms with Gasteiger partial charge in [-0.05, 0) is 38.1 Å². The van der Waals surface area contributed by atoms with Crippen LogP contribution < -0.4 is 5.32 Å². The number of hydrogen-bond acceptors (Lipinski definition) is 5. The van der Waals surface area contributed by atoms with Gasteiger partial charge in [-0.2, -0.15) is 0 Å². The molecule has 116 valence electrons. The van der Waals surface area contributed by atoms with Crippen molar-refractivity contribution in [3.63, 3.8) is 0 Å². The van der Waals surface area contributed by atoms with Crippen molar-refractivity contribution >= 4 is 17.6 Å². The number of carboxylic acids is 1. The van der Waals surface area contributed by atoms with Gasteiger partial charge >= 0.3 is 11.9 Å². The first-order valence-electron chi connectivity index (χ1n) is 6.85. The van der Waals surface area contributed by atoms with Crippen LogP contribution >= 0.6 is 0 Å². The Balaban J connectivity index is 2.28. The van der Waals surface area contributed by atoms with Gasteiger partial charge in [-0.25, -0.2) is 9.59 Å². The number of carboxylic acid groups (broad SMARTS) is 1. The molecule has 0 bridgehead atoms. The lowest BCUT2D eigenvalue weighted by atomic mass is 10.1. The van der Waals surface area contributed by atoms with E-state index in [1.54, 1.807) is 25.1 Å². The molecular formula is C16H17NO5. The standard InChI is InChI=1S/C16H17NO5/c1-3-21-16(20)12-5-4-6-13(14(12)15(18)19)17-9-11-8-7-10(2)22-11/h4-8,17H,3,9H2,1-2H3,(H,18,19). The summed E-state index contributed by atoms with van der Waals surface area (Å²) in [5, 5.41) is 12.4.